The second-order valence-corrected chi connectivity index (χ2v) is 4.39. The molecule has 2 heteroatoms. The molecule has 0 saturated heterocycles. The third-order valence-electron chi connectivity index (χ3n) is 2.56. The second-order valence-electron chi connectivity index (χ2n) is 4.39. The van der Waals surface area contributed by atoms with Gasteiger partial charge in [0.15, 0.2) is 0 Å². The molecule has 2 nitrogen and oxygen atoms in total. The monoisotopic (exact) mass is 226 g/mol. The fraction of sp³-hybridized carbons (Fsp3) is 0.200. The summed E-state index contributed by atoms with van der Waals surface area (Å²) in [6.07, 6.45) is 0. The number of hydrogen-bond acceptors (Lipinski definition) is 2. The first-order chi connectivity index (χ1) is 8.25. The summed E-state index contributed by atoms with van der Waals surface area (Å²) in [6, 6.07) is 18.7. The normalized spacial score (nSPS) is 10.5. The van der Waals surface area contributed by atoms with Crippen LogP contribution in [0.2, 0.25) is 0 Å². The molecule has 88 valence electrons. The van der Waals surface area contributed by atoms with Crippen molar-refractivity contribution in [3.63, 3.8) is 0 Å². The molecule has 2 aromatic carbocycles. The van der Waals surface area contributed by atoms with Crippen molar-refractivity contribution in [3.8, 4) is 0 Å². The quantitative estimate of drug-likeness (QED) is 0.858. The fourth-order valence-corrected chi connectivity index (χ4v) is 1.80. The summed E-state index contributed by atoms with van der Waals surface area (Å²) in [7, 11) is 4.17. The zero-order chi connectivity index (χ0) is 12.1. The lowest BCUT2D eigenvalue weighted by molar-refractivity contribution is 0.403. The van der Waals surface area contributed by atoms with E-state index in [1.807, 2.05) is 18.2 Å². The van der Waals surface area contributed by atoms with Crippen LogP contribution in [-0.2, 0) is 6.54 Å². The zero-order valence-corrected chi connectivity index (χ0v) is 10.4. The summed E-state index contributed by atoms with van der Waals surface area (Å²) < 4.78 is 0. The van der Waals surface area contributed by atoms with Crippen LogP contribution in [0, 0.1) is 0 Å². The maximum atomic E-state index is 3.45. The van der Waals surface area contributed by atoms with E-state index in [1.54, 1.807) is 0 Å². The molecule has 0 aliphatic rings. The minimum Gasteiger partial charge on any atom is -0.355 e. The number of nitrogens with zero attached hydrogens (tertiary/aromatic N) is 1. The van der Waals surface area contributed by atoms with Gasteiger partial charge in [-0.1, -0.05) is 36.4 Å². The summed E-state index contributed by atoms with van der Waals surface area (Å²) in [4.78, 5) is 2.17. The topological polar surface area (TPSA) is 15.3 Å². The van der Waals surface area contributed by atoms with Crippen molar-refractivity contribution in [3.05, 3.63) is 60.2 Å². The van der Waals surface area contributed by atoms with Gasteiger partial charge in [0, 0.05) is 17.9 Å². The lowest BCUT2D eigenvalue weighted by Gasteiger charge is -2.15. The van der Waals surface area contributed by atoms with Crippen LogP contribution in [0.4, 0.5) is 11.4 Å². The molecule has 2 rings (SSSR count). The van der Waals surface area contributed by atoms with Gasteiger partial charge in [-0.25, -0.2) is 0 Å². The number of para-hydroxylation sites is 2. The molecular formula is C15H18N2. The molecule has 0 heterocycles. The van der Waals surface area contributed by atoms with E-state index in [4.69, 9.17) is 0 Å². The molecule has 0 radical (unpaired) electrons. The average Bonchev–Trinajstić information content (AvgIpc) is 2.32. The first-order valence-electron chi connectivity index (χ1n) is 5.80. The number of anilines is 2. The average molecular weight is 226 g/mol. The van der Waals surface area contributed by atoms with Gasteiger partial charge in [-0.05, 0) is 37.9 Å². The summed E-state index contributed by atoms with van der Waals surface area (Å²) in [5.41, 5.74) is 3.60. The molecule has 0 aromatic heterocycles. The molecule has 1 N–H and O–H groups in total. The van der Waals surface area contributed by atoms with Gasteiger partial charge in [-0.2, -0.15) is 0 Å². The van der Waals surface area contributed by atoms with E-state index in [1.165, 1.54) is 11.3 Å². The van der Waals surface area contributed by atoms with Crippen LogP contribution in [0.1, 0.15) is 5.56 Å². The highest BCUT2D eigenvalue weighted by Gasteiger charge is 2.02. The minimum absolute atomic E-state index is 0.940. The Morgan fingerprint density at radius 3 is 2.24 bits per heavy atom. The molecular weight excluding hydrogens is 208 g/mol. The van der Waals surface area contributed by atoms with Crippen LogP contribution in [0.3, 0.4) is 0 Å². The maximum Gasteiger partial charge on any atom is 0.0429 e. The van der Waals surface area contributed by atoms with E-state index in [0.717, 1.165) is 12.2 Å². The van der Waals surface area contributed by atoms with Gasteiger partial charge >= 0.3 is 0 Å². The van der Waals surface area contributed by atoms with Gasteiger partial charge in [0.05, 0.1) is 0 Å². The van der Waals surface area contributed by atoms with Gasteiger partial charge in [0.2, 0.25) is 0 Å². The van der Waals surface area contributed by atoms with E-state index >= 15 is 0 Å². The first-order valence-corrected chi connectivity index (χ1v) is 5.80. The van der Waals surface area contributed by atoms with E-state index in [0.29, 0.717) is 0 Å². The summed E-state index contributed by atoms with van der Waals surface area (Å²) >= 11 is 0. The number of nitrogens with one attached hydrogen (secondary N) is 1. The van der Waals surface area contributed by atoms with Gasteiger partial charge in [-0.15, -0.1) is 0 Å². The van der Waals surface area contributed by atoms with Crippen LogP contribution in [0.25, 0.3) is 0 Å². The van der Waals surface area contributed by atoms with Crippen LogP contribution >= 0.6 is 0 Å². The molecule has 0 amide bonds. The molecule has 0 aliphatic carbocycles. The fourth-order valence-electron chi connectivity index (χ4n) is 1.80. The number of benzene rings is 2. The van der Waals surface area contributed by atoms with E-state index in [9.17, 15) is 0 Å². The van der Waals surface area contributed by atoms with Gasteiger partial charge in [0.1, 0.15) is 0 Å². The Morgan fingerprint density at radius 2 is 1.53 bits per heavy atom. The van der Waals surface area contributed by atoms with Crippen molar-refractivity contribution < 1.29 is 0 Å². The molecule has 2 aromatic rings. The Morgan fingerprint density at radius 1 is 0.882 bits per heavy atom. The van der Waals surface area contributed by atoms with Crippen molar-refractivity contribution >= 4 is 11.4 Å². The Hall–Kier alpha value is -1.80. The first kappa shape index (κ1) is 11.7. The smallest absolute Gasteiger partial charge is 0.0429 e. The van der Waals surface area contributed by atoms with Crippen LogP contribution < -0.4 is 5.32 Å². The van der Waals surface area contributed by atoms with Crippen molar-refractivity contribution in [2.45, 2.75) is 6.54 Å². The third-order valence-corrected chi connectivity index (χ3v) is 2.56. The molecule has 0 aliphatic heterocycles. The molecule has 0 atom stereocenters. The van der Waals surface area contributed by atoms with Gasteiger partial charge in [-0.3, -0.25) is 0 Å². The second kappa shape index (κ2) is 5.51. The highest BCUT2D eigenvalue weighted by atomic mass is 15.1. The minimum atomic E-state index is 0.940. The molecule has 0 spiro atoms. The summed E-state index contributed by atoms with van der Waals surface area (Å²) in [6.45, 7) is 0.940. The highest BCUT2D eigenvalue weighted by Crippen LogP contribution is 2.21. The molecule has 0 fully saturated rings. The van der Waals surface area contributed by atoms with Crippen molar-refractivity contribution in [1.29, 1.82) is 0 Å². The van der Waals surface area contributed by atoms with Gasteiger partial charge < -0.3 is 10.2 Å². The molecule has 0 saturated carbocycles. The van der Waals surface area contributed by atoms with E-state index in [2.05, 4.69) is 60.7 Å². The van der Waals surface area contributed by atoms with E-state index in [-0.39, 0.29) is 0 Å². The summed E-state index contributed by atoms with van der Waals surface area (Å²) in [5.74, 6) is 0. The molecule has 0 unspecified atom stereocenters. The van der Waals surface area contributed by atoms with Crippen LogP contribution in [-0.4, -0.2) is 19.0 Å². The van der Waals surface area contributed by atoms with Crippen molar-refractivity contribution in [1.82, 2.24) is 4.90 Å². The third kappa shape index (κ3) is 3.33. The highest BCUT2D eigenvalue weighted by molar-refractivity contribution is 5.62. The molecule has 17 heavy (non-hydrogen) atoms. The summed E-state index contributed by atoms with van der Waals surface area (Å²) in [5, 5.41) is 3.45. The lowest BCUT2D eigenvalue weighted by atomic mass is 10.1. The number of rotatable bonds is 4. The van der Waals surface area contributed by atoms with Gasteiger partial charge in [0.25, 0.3) is 0 Å². The van der Waals surface area contributed by atoms with Crippen molar-refractivity contribution in [2.24, 2.45) is 0 Å². The predicted octanol–water partition coefficient (Wildman–Crippen LogP) is 3.49. The van der Waals surface area contributed by atoms with Crippen LogP contribution in [0.5, 0.6) is 0 Å². The Balaban J connectivity index is 2.20. The Kier molecular flexibility index (Phi) is 3.78. The Bertz CT molecular complexity index is 463. The Labute approximate surface area is 103 Å². The SMILES string of the molecule is CN(C)Cc1ccccc1Nc1ccccc1. The standard InChI is InChI=1S/C15H18N2/c1-17(2)12-13-8-6-7-11-15(13)16-14-9-4-3-5-10-14/h3-11,16H,12H2,1-2H3. The van der Waals surface area contributed by atoms with Crippen molar-refractivity contribution in [2.75, 3.05) is 19.4 Å². The van der Waals surface area contributed by atoms with E-state index < -0.39 is 0 Å². The molecule has 0 bridgehead atoms. The lowest BCUT2D eigenvalue weighted by Crippen LogP contribution is -2.11. The number of hydrogen-bond donors (Lipinski definition) is 1. The maximum absolute atomic E-state index is 3.45. The largest absolute Gasteiger partial charge is 0.355 e. The van der Waals surface area contributed by atoms with Crippen LogP contribution in [0.15, 0.2) is 54.6 Å². The predicted molar refractivity (Wildman–Crippen MR) is 73.6 cm³/mol. The zero-order valence-electron chi connectivity index (χ0n) is 10.4.